The molecule has 0 radical (unpaired) electrons. The fraction of sp³-hybridized carbons (Fsp3) is 0.462. The Balaban J connectivity index is 2.49. The van der Waals surface area contributed by atoms with Crippen molar-refractivity contribution < 1.29 is 9.90 Å². The molecule has 0 spiro atoms. The van der Waals surface area contributed by atoms with E-state index in [4.69, 9.17) is 10.8 Å². The Morgan fingerprint density at radius 1 is 1.38 bits per heavy atom. The molecule has 3 heteroatoms. The Bertz CT molecular complexity index is 332. The molecule has 1 atom stereocenters. The van der Waals surface area contributed by atoms with Gasteiger partial charge in [0.05, 0.1) is 0 Å². The van der Waals surface area contributed by atoms with E-state index in [1.54, 1.807) is 0 Å². The molecule has 0 aliphatic rings. The molecule has 0 bridgehead atoms. The highest BCUT2D eigenvalue weighted by Crippen LogP contribution is 2.18. The highest BCUT2D eigenvalue weighted by molar-refractivity contribution is 5.66. The third-order valence-corrected chi connectivity index (χ3v) is 2.85. The number of carboxylic acids is 1. The van der Waals surface area contributed by atoms with E-state index in [0.29, 0.717) is 5.92 Å². The Morgan fingerprint density at radius 3 is 2.50 bits per heavy atom. The molecule has 0 aromatic heterocycles. The van der Waals surface area contributed by atoms with Crippen molar-refractivity contribution in [1.82, 2.24) is 0 Å². The normalized spacial score (nSPS) is 12.3. The van der Waals surface area contributed by atoms with E-state index in [0.717, 1.165) is 24.9 Å². The van der Waals surface area contributed by atoms with Crippen LogP contribution in [-0.2, 0) is 11.2 Å². The number of carboxylic acid groups (broad SMARTS) is 1. The summed E-state index contributed by atoms with van der Waals surface area (Å²) in [4.78, 5) is 10.5. The number of nitrogen functional groups attached to an aromatic ring is 1. The largest absolute Gasteiger partial charge is 0.481 e. The molecule has 0 unspecified atom stereocenters. The quantitative estimate of drug-likeness (QED) is 0.726. The predicted molar refractivity (Wildman–Crippen MR) is 65.2 cm³/mol. The van der Waals surface area contributed by atoms with E-state index in [9.17, 15) is 4.79 Å². The van der Waals surface area contributed by atoms with Gasteiger partial charge in [-0.25, -0.2) is 0 Å². The highest BCUT2D eigenvalue weighted by atomic mass is 16.4. The van der Waals surface area contributed by atoms with E-state index in [1.807, 2.05) is 24.3 Å². The maximum Gasteiger partial charge on any atom is 0.303 e. The van der Waals surface area contributed by atoms with E-state index >= 15 is 0 Å². The number of carbonyl (C=O) groups is 1. The predicted octanol–water partition coefficient (Wildman–Crippen LogP) is 2.70. The molecule has 0 fully saturated rings. The maximum absolute atomic E-state index is 10.5. The summed E-state index contributed by atoms with van der Waals surface area (Å²) in [6, 6.07) is 7.80. The first kappa shape index (κ1) is 12.6. The molecule has 1 aromatic rings. The maximum atomic E-state index is 10.5. The fourth-order valence-electron chi connectivity index (χ4n) is 1.77. The third kappa shape index (κ3) is 4.34. The molecule has 3 nitrogen and oxygen atoms in total. The number of hydrogen-bond donors (Lipinski definition) is 2. The molecular formula is C13H19NO2. The van der Waals surface area contributed by atoms with Gasteiger partial charge >= 0.3 is 5.97 Å². The highest BCUT2D eigenvalue weighted by Gasteiger charge is 2.09. The Hall–Kier alpha value is -1.51. The average molecular weight is 221 g/mol. The van der Waals surface area contributed by atoms with Crippen LogP contribution in [0, 0.1) is 5.92 Å². The summed E-state index contributed by atoms with van der Waals surface area (Å²) in [6.45, 7) is 2.10. The van der Waals surface area contributed by atoms with Crippen LogP contribution in [0.2, 0.25) is 0 Å². The molecule has 1 rings (SSSR count). The number of hydrogen-bond acceptors (Lipinski definition) is 2. The van der Waals surface area contributed by atoms with Gasteiger partial charge in [-0.15, -0.1) is 0 Å². The van der Waals surface area contributed by atoms with Crippen molar-refractivity contribution in [1.29, 1.82) is 0 Å². The number of aliphatic carboxylic acids is 1. The molecule has 16 heavy (non-hydrogen) atoms. The Labute approximate surface area is 96.3 Å². The first-order valence-corrected chi connectivity index (χ1v) is 5.68. The second kappa shape index (κ2) is 6.16. The van der Waals surface area contributed by atoms with Crippen LogP contribution >= 0.6 is 0 Å². The van der Waals surface area contributed by atoms with Gasteiger partial charge in [0.1, 0.15) is 0 Å². The zero-order valence-electron chi connectivity index (χ0n) is 9.65. The topological polar surface area (TPSA) is 63.3 Å². The minimum absolute atomic E-state index is 0.257. The Morgan fingerprint density at radius 2 is 2.00 bits per heavy atom. The lowest BCUT2D eigenvalue weighted by atomic mass is 9.92. The smallest absolute Gasteiger partial charge is 0.303 e. The van der Waals surface area contributed by atoms with Crippen LogP contribution in [0.25, 0.3) is 0 Å². The fourth-order valence-corrected chi connectivity index (χ4v) is 1.77. The van der Waals surface area contributed by atoms with Crippen molar-refractivity contribution in [2.75, 3.05) is 5.73 Å². The average Bonchev–Trinajstić information content (AvgIpc) is 2.26. The number of anilines is 1. The van der Waals surface area contributed by atoms with Crippen LogP contribution in [0.1, 0.15) is 31.7 Å². The van der Waals surface area contributed by atoms with Crippen molar-refractivity contribution in [3.05, 3.63) is 29.8 Å². The minimum atomic E-state index is -0.712. The number of rotatable bonds is 6. The van der Waals surface area contributed by atoms with Crippen LogP contribution in [0.4, 0.5) is 5.69 Å². The van der Waals surface area contributed by atoms with Crippen LogP contribution in [0.15, 0.2) is 24.3 Å². The molecule has 0 aliphatic heterocycles. The van der Waals surface area contributed by atoms with Crippen molar-refractivity contribution >= 4 is 11.7 Å². The van der Waals surface area contributed by atoms with E-state index in [1.165, 1.54) is 5.56 Å². The molecule has 0 saturated carbocycles. The summed E-state index contributed by atoms with van der Waals surface area (Å²) in [6.07, 6.45) is 2.95. The monoisotopic (exact) mass is 221 g/mol. The van der Waals surface area contributed by atoms with Crippen molar-refractivity contribution in [3.63, 3.8) is 0 Å². The first-order chi connectivity index (χ1) is 7.61. The van der Waals surface area contributed by atoms with Gasteiger partial charge in [-0.05, 0) is 36.5 Å². The lowest BCUT2D eigenvalue weighted by Gasteiger charge is -2.13. The van der Waals surface area contributed by atoms with Crippen molar-refractivity contribution in [3.8, 4) is 0 Å². The van der Waals surface area contributed by atoms with Crippen LogP contribution < -0.4 is 5.73 Å². The van der Waals surface area contributed by atoms with E-state index < -0.39 is 5.97 Å². The van der Waals surface area contributed by atoms with Crippen LogP contribution in [0.5, 0.6) is 0 Å². The zero-order valence-corrected chi connectivity index (χ0v) is 9.65. The van der Waals surface area contributed by atoms with Gasteiger partial charge < -0.3 is 10.8 Å². The van der Waals surface area contributed by atoms with E-state index in [2.05, 4.69) is 6.92 Å². The van der Waals surface area contributed by atoms with Crippen LogP contribution in [0.3, 0.4) is 0 Å². The summed E-state index contributed by atoms with van der Waals surface area (Å²) in [7, 11) is 0. The molecule has 0 amide bonds. The molecule has 3 N–H and O–H groups in total. The first-order valence-electron chi connectivity index (χ1n) is 5.68. The minimum Gasteiger partial charge on any atom is -0.481 e. The van der Waals surface area contributed by atoms with Gasteiger partial charge in [-0.3, -0.25) is 4.79 Å². The summed E-state index contributed by atoms with van der Waals surface area (Å²) < 4.78 is 0. The summed E-state index contributed by atoms with van der Waals surface area (Å²) in [5, 5.41) is 8.64. The van der Waals surface area contributed by atoms with Gasteiger partial charge in [-0.1, -0.05) is 25.5 Å². The molecule has 0 heterocycles. The molecular weight excluding hydrogens is 202 g/mol. The molecule has 0 aliphatic carbocycles. The van der Waals surface area contributed by atoms with Crippen molar-refractivity contribution in [2.24, 2.45) is 5.92 Å². The lowest BCUT2D eigenvalue weighted by molar-refractivity contribution is -0.137. The summed E-state index contributed by atoms with van der Waals surface area (Å²) in [5.74, 6) is -0.268. The van der Waals surface area contributed by atoms with Gasteiger partial charge in [-0.2, -0.15) is 0 Å². The summed E-state index contributed by atoms with van der Waals surface area (Å²) in [5.41, 5.74) is 7.60. The zero-order chi connectivity index (χ0) is 12.0. The van der Waals surface area contributed by atoms with Gasteiger partial charge in [0, 0.05) is 12.1 Å². The van der Waals surface area contributed by atoms with Crippen LogP contribution in [-0.4, -0.2) is 11.1 Å². The number of nitrogens with two attached hydrogens (primary N) is 1. The molecule has 0 saturated heterocycles. The summed E-state index contributed by atoms with van der Waals surface area (Å²) >= 11 is 0. The standard InChI is InChI=1S/C13H19NO2/c1-2-10(5-8-13(15)16)9-11-3-6-12(14)7-4-11/h3-4,6-7,10H,2,5,8-9,14H2,1H3,(H,15,16)/t10-/m1/s1. The lowest BCUT2D eigenvalue weighted by Crippen LogP contribution is -2.06. The molecule has 88 valence electrons. The SMILES string of the molecule is CC[C@H](CCC(=O)O)Cc1ccc(N)cc1. The van der Waals surface area contributed by atoms with Gasteiger partial charge in [0.2, 0.25) is 0 Å². The number of benzene rings is 1. The second-order valence-electron chi connectivity index (χ2n) is 4.15. The van der Waals surface area contributed by atoms with E-state index in [-0.39, 0.29) is 6.42 Å². The van der Waals surface area contributed by atoms with Crippen molar-refractivity contribution in [2.45, 2.75) is 32.6 Å². The third-order valence-electron chi connectivity index (χ3n) is 2.85. The molecule has 1 aromatic carbocycles. The van der Waals surface area contributed by atoms with Gasteiger partial charge in [0.15, 0.2) is 0 Å². The van der Waals surface area contributed by atoms with Gasteiger partial charge in [0.25, 0.3) is 0 Å². The second-order valence-corrected chi connectivity index (χ2v) is 4.15. The Kier molecular flexibility index (Phi) is 4.83.